The number of rotatable bonds is 6. The van der Waals surface area contributed by atoms with Gasteiger partial charge in [0.25, 0.3) is 0 Å². The standard InChI is InChI=1S/C7H14O2S2/c1-6(5-11-10-2)3-4-7(8)9/h6H,3-5H2,1-2H3,(H,8,9). The van der Waals surface area contributed by atoms with Gasteiger partial charge >= 0.3 is 5.97 Å². The molecule has 0 fully saturated rings. The third kappa shape index (κ3) is 8.07. The van der Waals surface area contributed by atoms with Crippen molar-refractivity contribution in [3.05, 3.63) is 0 Å². The Balaban J connectivity index is 3.22. The van der Waals surface area contributed by atoms with Gasteiger partial charge in [-0.25, -0.2) is 0 Å². The van der Waals surface area contributed by atoms with Crippen molar-refractivity contribution in [3.63, 3.8) is 0 Å². The average molecular weight is 194 g/mol. The largest absolute Gasteiger partial charge is 0.481 e. The van der Waals surface area contributed by atoms with Crippen LogP contribution in [0.4, 0.5) is 0 Å². The molecule has 66 valence electrons. The van der Waals surface area contributed by atoms with E-state index in [0.717, 1.165) is 12.2 Å². The maximum Gasteiger partial charge on any atom is 0.303 e. The minimum absolute atomic E-state index is 0.302. The first-order chi connectivity index (χ1) is 5.16. The summed E-state index contributed by atoms with van der Waals surface area (Å²) >= 11 is 0. The first-order valence-corrected chi connectivity index (χ1v) is 6.27. The monoisotopic (exact) mass is 194 g/mol. The summed E-state index contributed by atoms with van der Waals surface area (Å²) in [6.45, 7) is 2.09. The number of carboxylic acid groups (broad SMARTS) is 1. The molecule has 0 aromatic carbocycles. The van der Waals surface area contributed by atoms with Crippen molar-refractivity contribution >= 4 is 27.6 Å². The van der Waals surface area contributed by atoms with Crippen molar-refractivity contribution in [2.75, 3.05) is 12.0 Å². The van der Waals surface area contributed by atoms with Crippen LogP contribution < -0.4 is 0 Å². The van der Waals surface area contributed by atoms with E-state index in [0.29, 0.717) is 12.3 Å². The van der Waals surface area contributed by atoms with Gasteiger partial charge in [-0.15, -0.1) is 0 Å². The highest BCUT2D eigenvalue weighted by Gasteiger charge is 2.04. The van der Waals surface area contributed by atoms with Crippen LogP contribution in [0.5, 0.6) is 0 Å². The number of carbonyl (C=O) groups is 1. The fourth-order valence-corrected chi connectivity index (χ4v) is 2.28. The topological polar surface area (TPSA) is 37.3 Å². The normalized spacial score (nSPS) is 12.9. The molecule has 0 aliphatic heterocycles. The molecule has 1 N–H and O–H groups in total. The van der Waals surface area contributed by atoms with Gasteiger partial charge in [0, 0.05) is 12.2 Å². The predicted molar refractivity (Wildman–Crippen MR) is 52.0 cm³/mol. The van der Waals surface area contributed by atoms with Gasteiger partial charge in [-0.1, -0.05) is 28.5 Å². The van der Waals surface area contributed by atoms with E-state index in [-0.39, 0.29) is 0 Å². The maximum absolute atomic E-state index is 10.2. The summed E-state index contributed by atoms with van der Waals surface area (Å²) in [4.78, 5) is 10.2. The summed E-state index contributed by atoms with van der Waals surface area (Å²) in [5.74, 6) is 0.878. The van der Waals surface area contributed by atoms with Crippen molar-refractivity contribution in [2.24, 2.45) is 5.92 Å². The van der Waals surface area contributed by atoms with E-state index in [4.69, 9.17) is 5.11 Å². The van der Waals surface area contributed by atoms with E-state index in [1.807, 2.05) is 6.26 Å². The van der Waals surface area contributed by atoms with Gasteiger partial charge in [0.05, 0.1) is 0 Å². The van der Waals surface area contributed by atoms with Crippen LogP contribution in [0.2, 0.25) is 0 Å². The van der Waals surface area contributed by atoms with Gasteiger partial charge < -0.3 is 5.11 Å². The van der Waals surface area contributed by atoms with E-state index in [1.54, 1.807) is 21.6 Å². The summed E-state index contributed by atoms with van der Waals surface area (Å²) in [7, 11) is 3.53. The Labute approximate surface area is 75.5 Å². The lowest BCUT2D eigenvalue weighted by Crippen LogP contribution is -2.02. The Morgan fingerprint density at radius 2 is 2.27 bits per heavy atom. The second-order valence-corrected chi connectivity index (χ2v) is 5.10. The van der Waals surface area contributed by atoms with Gasteiger partial charge in [0.2, 0.25) is 0 Å². The highest BCUT2D eigenvalue weighted by atomic mass is 33.1. The summed E-state index contributed by atoms with van der Waals surface area (Å²) in [6, 6.07) is 0. The minimum atomic E-state index is -0.689. The van der Waals surface area contributed by atoms with Crippen molar-refractivity contribution in [1.29, 1.82) is 0 Å². The molecular weight excluding hydrogens is 180 g/mol. The molecule has 0 spiro atoms. The second kappa shape index (κ2) is 6.85. The maximum atomic E-state index is 10.2. The molecule has 0 heterocycles. The Kier molecular flexibility index (Phi) is 6.96. The number of aliphatic carboxylic acids is 1. The molecule has 4 heteroatoms. The molecule has 2 nitrogen and oxygen atoms in total. The Bertz CT molecular complexity index is 117. The van der Waals surface area contributed by atoms with E-state index < -0.39 is 5.97 Å². The van der Waals surface area contributed by atoms with Gasteiger partial charge in [0.1, 0.15) is 0 Å². The van der Waals surface area contributed by atoms with E-state index >= 15 is 0 Å². The zero-order valence-corrected chi connectivity index (χ0v) is 8.50. The Morgan fingerprint density at radius 3 is 2.73 bits per heavy atom. The zero-order chi connectivity index (χ0) is 8.69. The molecule has 0 aromatic rings. The lowest BCUT2D eigenvalue weighted by Gasteiger charge is -2.06. The molecule has 0 aliphatic carbocycles. The van der Waals surface area contributed by atoms with E-state index in [2.05, 4.69) is 6.92 Å². The quantitative estimate of drug-likeness (QED) is 0.659. The SMILES string of the molecule is CSSCC(C)CCC(=O)O. The highest BCUT2D eigenvalue weighted by Crippen LogP contribution is 2.22. The smallest absolute Gasteiger partial charge is 0.303 e. The van der Waals surface area contributed by atoms with E-state index in [9.17, 15) is 4.79 Å². The second-order valence-electron chi connectivity index (χ2n) is 2.49. The van der Waals surface area contributed by atoms with Crippen LogP contribution in [-0.4, -0.2) is 23.1 Å². The number of hydrogen-bond donors (Lipinski definition) is 1. The van der Waals surface area contributed by atoms with Crippen molar-refractivity contribution in [3.8, 4) is 0 Å². The Morgan fingerprint density at radius 1 is 1.64 bits per heavy atom. The van der Waals surface area contributed by atoms with Crippen LogP contribution >= 0.6 is 21.6 Å². The molecule has 0 radical (unpaired) electrons. The van der Waals surface area contributed by atoms with Gasteiger partial charge in [-0.05, 0) is 18.6 Å². The first-order valence-electron chi connectivity index (χ1n) is 3.54. The third-order valence-electron chi connectivity index (χ3n) is 1.32. The van der Waals surface area contributed by atoms with Crippen LogP contribution in [-0.2, 0) is 4.79 Å². The molecule has 0 rings (SSSR count). The van der Waals surface area contributed by atoms with Crippen LogP contribution in [0.15, 0.2) is 0 Å². The Hall–Kier alpha value is 0.170. The van der Waals surface area contributed by atoms with E-state index in [1.165, 1.54) is 0 Å². The fraction of sp³-hybridized carbons (Fsp3) is 0.857. The molecule has 0 aliphatic rings. The molecular formula is C7H14O2S2. The summed E-state index contributed by atoms with van der Waals surface area (Å²) in [5, 5.41) is 8.38. The van der Waals surface area contributed by atoms with Crippen molar-refractivity contribution < 1.29 is 9.90 Å². The van der Waals surface area contributed by atoms with Crippen LogP contribution in [0, 0.1) is 5.92 Å². The van der Waals surface area contributed by atoms with Crippen LogP contribution in [0.1, 0.15) is 19.8 Å². The summed E-state index contributed by atoms with van der Waals surface area (Å²) in [5.41, 5.74) is 0. The van der Waals surface area contributed by atoms with Gasteiger partial charge in [-0.2, -0.15) is 0 Å². The highest BCUT2D eigenvalue weighted by molar-refractivity contribution is 8.76. The molecule has 0 saturated carbocycles. The molecule has 1 atom stereocenters. The number of carboxylic acids is 1. The molecule has 1 unspecified atom stereocenters. The lowest BCUT2D eigenvalue weighted by molar-refractivity contribution is -0.137. The van der Waals surface area contributed by atoms with Crippen LogP contribution in [0.3, 0.4) is 0 Å². The molecule has 0 saturated heterocycles. The average Bonchev–Trinajstić information content (AvgIpc) is 1.97. The number of hydrogen-bond acceptors (Lipinski definition) is 3. The molecule has 0 aromatic heterocycles. The minimum Gasteiger partial charge on any atom is -0.481 e. The van der Waals surface area contributed by atoms with Gasteiger partial charge in [-0.3, -0.25) is 4.79 Å². The lowest BCUT2D eigenvalue weighted by atomic mass is 10.1. The van der Waals surface area contributed by atoms with Crippen LogP contribution in [0.25, 0.3) is 0 Å². The van der Waals surface area contributed by atoms with Crippen molar-refractivity contribution in [1.82, 2.24) is 0 Å². The van der Waals surface area contributed by atoms with Crippen molar-refractivity contribution in [2.45, 2.75) is 19.8 Å². The first kappa shape index (κ1) is 11.2. The molecule has 0 amide bonds. The third-order valence-corrected chi connectivity index (χ3v) is 3.38. The zero-order valence-electron chi connectivity index (χ0n) is 6.87. The predicted octanol–water partition coefficient (Wildman–Crippen LogP) is 2.50. The van der Waals surface area contributed by atoms with Gasteiger partial charge in [0.15, 0.2) is 0 Å². The summed E-state index contributed by atoms with van der Waals surface area (Å²) < 4.78 is 0. The molecule has 0 bridgehead atoms. The fourth-order valence-electron chi connectivity index (χ4n) is 0.637. The molecule has 11 heavy (non-hydrogen) atoms. The summed E-state index contributed by atoms with van der Waals surface area (Å²) in [6.07, 6.45) is 3.13.